The van der Waals surface area contributed by atoms with Crippen LogP contribution in [0.4, 0.5) is 0 Å². The molecule has 1 aromatic heterocycles. The van der Waals surface area contributed by atoms with E-state index in [-0.39, 0.29) is 9.92 Å². The van der Waals surface area contributed by atoms with Gasteiger partial charge in [0.15, 0.2) is 0 Å². The third-order valence-corrected chi connectivity index (χ3v) is 5.74. The average molecular weight is 356 g/mol. The van der Waals surface area contributed by atoms with E-state index >= 15 is 0 Å². The molecule has 5 nitrogen and oxygen atoms in total. The zero-order valence-corrected chi connectivity index (χ0v) is 14.0. The van der Waals surface area contributed by atoms with Crippen LogP contribution in [-0.2, 0) is 10.0 Å². The van der Waals surface area contributed by atoms with Gasteiger partial charge in [0.05, 0.1) is 14.9 Å². The van der Waals surface area contributed by atoms with Gasteiger partial charge in [-0.15, -0.1) is 9.19 Å². The summed E-state index contributed by atoms with van der Waals surface area (Å²) in [5.41, 5.74) is 2.39. The molecule has 0 amide bonds. The van der Waals surface area contributed by atoms with E-state index in [4.69, 9.17) is 23.2 Å². The molecule has 22 heavy (non-hydrogen) atoms. The van der Waals surface area contributed by atoms with Crippen LogP contribution in [0.15, 0.2) is 35.2 Å². The van der Waals surface area contributed by atoms with Crippen LogP contribution in [-0.4, -0.2) is 22.8 Å². The lowest BCUT2D eigenvalue weighted by Gasteiger charge is -2.09. The Hall–Kier alpha value is -1.63. The van der Waals surface area contributed by atoms with E-state index in [2.05, 4.69) is 10.3 Å². The highest BCUT2D eigenvalue weighted by atomic mass is 35.5. The molecule has 0 aliphatic heterocycles. The van der Waals surface area contributed by atoms with Gasteiger partial charge in [-0.2, -0.15) is 8.42 Å². The summed E-state index contributed by atoms with van der Waals surface area (Å²) in [6.45, 7) is 3.55. The minimum Gasteiger partial charge on any atom is -0.199 e. The van der Waals surface area contributed by atoms with Crippen LogP contribution >= 0.6 is 23.2 Å². The molecule has 0 aliphatic carbocycles. The van der Waals surface area contributed by atoms with Crippen LogP contribution < -0.4 is 0 Å². The summed E-state index contributed by atoms with van der Waals surface area (Å²) >= 11 is 11.9. The Kier molecular flexibility index (Phi) is 3.63. The number of fused-ring (bicyclic) bond motifs is 1. The zero-order valence-electron chi connectivity index (χ0n) is 11.7. The van der Waals surface area contributed by atoms with E-state index in [1.54, 1.807) is 25.1 Å². The van der Waals surface area contributed by atoms with Crippen LogP contribution in [0.5, 0.6) is 0 Å². The van der Waals surface area contributed by atoms with E-state index in [1.807, 2.05) is 6.92 Å². The Labute approximate surface area is 137 Å². The molecule has 0 radical (unpaired) electrons. The third kappa shape index (κ3) is 2.37. The topological polar surface area (TPSA) is 64.8 Å². The lowest BCUT2D eigenvalue weighted by molar-refractivity contribution is 0.579. The molecule has 3 aromatic rings. The second kappa shape index (κ2) is 5.22. The highest BCUT2D eigenvalue weighted by molar-refractivity contribution is 7.90. The first-order chi connectivity index (χ1) is 10.3. The lowest BCUT2D eigenvalue weighted by Crippen LogP contribution is -2.16. The number of nitrogens with zero attached hydrogens (tertiary/aromatic N) is 3. The van der Waals surface area contributed by atoms with Crippen molar-refractivity contribution in [1.82, 2.24) is 14.4 Å². The van der Waals surface area contributed by atoms with Crippen molar-refractivity contribution in [1.29, 1.82) is 0 Å². The van der Waals surface area contributed by atoms with Crippen LogP contribution in [0.2, 0.25) is 10.0 Å². The zero-order chi connectivity index (χ0) is 16.1. The second-order valence-electron chi connectivity index (χ2n) is 4.96. The summed E-state index contributed by atoms with van der Waals surface area (Å²) in [4.78, 5) is 0.0503. The van der Waals surface area contributed by atoms with Crippen molar-refractivity contribution in [2.24, 2.45) is 0 Å². The van der Waals surface area contributed by atoms with E-state index in [0.717, 1.165) is 9.65 Å². The van der Waals surface area contributed by atoms with Gasteiger partial charge in [0.1, 0.15) is 11.0 Å². The highest BCUT2D eigenvalue weighted by Crippen LogP contribution is 2.30. The Morgan fingerprint density at radius 1 is 1.05 bits per heavy atom. The van der Waals surface area contributed by atoms with Gasteiger partial charge in [-0.05, 0) is 49.2 Å². The molecular weight excluding hydrogens is 345 g/mol. The number of rotatable bonds is 2. The largest absolute Gasteiger partial charge is 0.285 e. The second-order valence-corrected chi connectivity index (χ2v) is 7.51. The van der Waals surface area contributed by atoms with E-state index in [0.29, 0.717) is 21.6 Å². The molecule has 0 atom stereocenters. The van der Waals surface area contributed by atoms with Crippen LogP contribution in [0.25, 0.3) is 11.0 Å². The van der Waals surface area contributed by atoms with Crippen molar-refractivity contribution >= 4 is 44.3 Å². The molecule has 0 aliphatic rings. The molecule has 0 saturated heterocycles. The SMILES string of the molecule is Cc1ccc2c(c1)nnn2S(=O)(=O)c1cc(Cl)c(Cl)cc1C. The number of aromatic nitrogens is 3. The lowest BCUT2D eigenvalue weighted by atomic mass is 10.2. The molecule has 8 heteroatoms. The first-order valence-corrected chi connectivity index (χ1v) is 8.53. The maximum atomic E-state index is 12.8. The van der Waals surface area contributed by atoms with Gasteiger partial charge in [0.2, 0.25) is 0 Å². The average Bonchev–Trinajstić information content (AvgIpc) is 2.86. The molecule has 1 heterocycles. The predicted molar refractivity (Wildman–Crippen MR) is 86.0 cm³/mol. The number of benzene rings is 2. The quantitative estimate of drug-likeness (QED) is 0.704. The molecule has 3 rings (SSSR count). The van der Waals surface area contributed by atoms with Gasteiger partial charge in [0, 0.05) is 0 Å². The monoisotopic (exact) mass is 355 g/mol. The predicted octanol–water partition coefficient (Wildman–Crippen LogP) is 3.59. The highest BCUT2D eigenvalue weighted by Gasteiger charge is 2.24. The van der Waals surface area contributed by atoms with E-state index in [9.17, 15) is 8.42 Å². The molecular formula is C14H11Cl2N3O2S. The maximum Gasteiger partial charge on any atom is 0.285 e. The van der Waals surface area contributed by atoms with E-state index < -0.39 is 10.0 Å². The van der Waals surface area contributed by atoms with Gasteiger partial charge >= 0.3 is 0 Å². The smallest absolute Gasteiger partial charge is 0.199 e. The van der Waals surface area contributed by atoms with Crippen molar-refractivity contribution in [2.45, 2.75) is 18.7 Å². The summed E-state index contributed by atoms with van der Waals surface area (Å²) in [5, 5.41) is 8.17. The van der Waals surface area contributed by atoms with Crippen LogP contribution in [0.1, 0.15) is 11.1 Å². The summed E-state index contributed by atoms with van der Waals surface area (Å²) in [5.74, 6) is 0. The minimum absolute atomic E-state index is 0.0503. The maximum absolute atomic E-state index is 12.8. The molecule has 0 unspecified atom stereocenters. The number of halogens is 2. The summed E-state index contributed by atoms with van der Waals surface area (Å²) < 4.78 is 26.6. The molecule has 2 aromatic carbocycles. The first-order valence-electron chi connectivity index (χ1n) is 6.34. The van der Waals surface area contributed by atoms with Crippen molar-refractivity contribution in [3.63, 3.8) is 0 Å². The Balaban J connectivity index is 2.27. The number of hydrogen-bond donors (Lipinski definition) is 0. The van der Waals surface area contributed by atoms with Crippen molar-refractivity contribution in [2.75, 3.05) is 0 Å². The standard InChI is InChI=1S/C14H11Cl2N3O2S/c1-8-3-4-13-12(5-8)17-18-19(13)22(20,21)14-7-11(16)10(15)6-9(14)2/h3-7H,1-2H3. The van der Waals surface area contributed by atoms with Gasteiger partial charge in [0.25, 0.3) is 10.0 Å². The molecule has 114 valence electrons. The molecule has 0 N–H and O–H groups in total. The fraction of sp³-hybridized carbons (Fsp3) is 0.143. The molecule has 0 spiro atoms. The van der Waals surface area contributed by atoms with Crippen molar-refractivity contribution in [3.8, 4) is 0 Å². The Morgan fingerprint density at radius 2 is 1.73 bits per heavy atom. The molecule has 0 fully saturated rings. The number of aryl methyl sites for hydroxylation is 2. The van der Waals surface area contributed by atoms with Gasteiger partial charge in [-0.3, -0.25) is 0 Å². The van der Waals surface area contributed by atoms with Crippen molar-refractivity contribution < 1.29 is 8.42 Å². The summed E-state index contributed by atoms with van der Waals surface area (Å²) in [7, 11) is -3.91. The normalized spacial score (nSPS) is 12.0. The van der Waals surface area contributed by atoms with Crippen LogP contribution in [0.3, 0.4) is 0 Å². The van der Waals surface area contributed by atoms with E-state index in [1.165, 1.54) is 12.1 Å². The first kappa shape index (κ1) is 15.3. The molecule has 0 saturated carbocycles. The summed E-state index contributed by atoms with van der Waals surface area (Å²) in [6.07, 6.45) is 0. The number of hydrogen-bond acceptors (Lipinski definition) is 4. The Bertz CT molecular complexity index is 997. The summed E-state index contributed by atoms with van der Waals surface area (Å²) in [6, 6.07) is 8.10. The van der Waals surface area contributed by atoms with Gasteiger partial charge < -0.3 is 0 Å². The Morgan fingerprint density at radius 3 is 2.45 bits per heavy atom. The van der Waals surface area contributed by atoms with Crippen LogP contribution in [0, 0.1) is 13.8 Å². The van der Waals surface area contributed by atoms with Gasteiger partial charge in [-0.25, -0.2) is 0 Å². The molecule has 0 bridgehead atoms. The fourth-order valence-corrected chi connectivity index (χ4v) is 4.10. The third-order valence-electron chi connectivity index (χ3n) is 3.29. The van der Waals surface area contributed by atoms with Crippen molar-refractivity contribution in [3.05, 3.63) is 51.5 Å². The van der Waals surface area contributed by atoms with Gasteiger partial charge in [-0.1, -0.05) is 34.5 Å². The fourth-order valence-electron chi connectivity index (χ4n) is 2.19. The minimum atomic E-state index is -3.91.